The molecule has 0 unspecified atom stereocenters. The molecule has 0 heterocycles. The van der Waals surface area contributed by atoms with Gasteiger partial charge in [-0.15, -0.1) is 0 Å². The van der Waals surface area contributed by atoms with Crippen LogP contribution >= 0.6 is 7.82 Å². The zero-order valence-corrected chi connectivity index (χ0v) is 14.9. The molecule has 1 aliphatic carbocycles. The number of phosphoric ester groups is 1. The zero-order valence-electron chi connectivity index (χ0n) is 14.0. The highest BCUT2D eigenvalue weighted by Crippen LogP contribution is 2.46. The first-order chi connectivity index (χ1) is 11.4. The molecule has 2 N–H and O–H groups in total. The van der Waals surface area contributed by atoms with Crippen molar-refractivity contribution in [3.05, 3.63) is 66.3 Å². The van der Waals surface area contributed by atoms with Gasteiger partial charge in [0.1, 0.15) is 5.75 Å². The van der Waals surface area contributed by atoms with Crippen LogP contribution in [-0.4, -0.2) is 9.79 Å². The van der Waals surface area contributed by atoms with Crippen molar-refractivity contribution in [3.63, 3.8) is 0 Å². The average molecular weight is 348 g/mol. The van der Waals surface area contributed by atoms with Crippen molar-refractivity contribution in [1.82, 2.24) is 0 Å². The van der Waals surface area contributed by atoms with Crippen LogP contribution in [0.15, 0.2) is 60.7 Å². The largest absolute Gasteiger partial charge is 0.524 e. The van der Waals surface area contributed by atoms with Crippen molar-refractivity contribution < 1.29 is 18.9 Å². The topological polar surface area (TPSA) is 66.8 Å². The molecule has 130 valence electrons. The molecule has 1 fully saturated rings. The summed E-state index contributed by atoms with van der Waals surface area (Å²) in [5.74, 6) is 0.177. The summed E-state index contributed by atoms with van der Waals surface area (Å²) in [5.41, 5.74) is 2.22. The zero-order chi connectivity index (χ0) is 17.6. The Labute approximate surface area is 143 Å². The molecule has 0 atom stereocenters. The first kappa shape index (κ1) is 18.7. The second kappa shape index (κ2) is 7.98. The minimum atomic E-state index is -4.53. The van der Waals surface area contributed by atoms with Crippen LogP contribution in [0.1, 0.15) is 44.6 Å². The Balaban J connectivity index is 2.41. The van der Waals surface area contributed by atoms with Gasteiger partial charge in [-0.25, -0.2) is 4.57 Å². The smallest absolute Gasteiger partial charge is 0.404 e. The molecule has 2 rings (SSSR count). The van der Waals surface area contributed by atoms with Gasteiger partial charge in [0.2, 0.25) is 0 Å². The van der Waals surface area contributed by atoms with Crippen molar-refractivity contribution >= 4 is 7.82 Å². The molecule has 0 spiro atoms. The van der Waals surface area contributed by atoms with Crippen LogP contribution in [0.2, 0.25) is 0 Å². The molecule has 1 aliphatic rings. The highest BCUT2D eigenvalue weighted by atomic mass is 31.2. The summed E-state index contributed by atoms with van der Waals surface area (Å²) in [4.78, 5) is 17.8. The van der Waals surface area contributed by atoms with Gasteiger partial charge in [-0.2, -0.15) is 0 Å². The van der Waals surface area contributed by atoms with E-state index in [4.69, 9.17) is 9.79 Å². The van der Waals surface area contributed by atoms with Gasteiger partial charge in [0.05, 0.1) is 0 Å². The maximum absolute atomic E-state index is 11.0. The fourth-order valence-electron chi connectivity index (χ4n) is 3.49. The Morgan fingerprint density at radius 2 is 1.83 bits per heavy atom. The van der Waals surface area contributed by atoms with Crippen LogP contribution in [0.3, 0.4) is 0 Å². The number of hydrogen-bond acceptors (Lipinski definition) is 2. The number of rotatable bonds is 6. The normalized spacial score (nSPS) is 18.5. The van der Waals surface area contributed by atoms with E-state index in [1.807, 2.05) is 37.3 Å². The Morgan fingerprint density at radius 3 is 2.33 bits per heavy atom. The van der Waals surface area contributed by atoms with Crippen molar-refractivity contribution in [2.75, 3.05) is 0 Å². The van der Waals surface area contributed by atoms with E-state index in [9.17, 15) is 4.57 Å². The third-order valence-electron chi connectivity index (χ3n) is 4.58. The average Bonchev–Trinajstić information content (AvgIpc) is 2.55. The van der Waals surface area contributed by atoms with Crippen LogP contribution in [-0.2, 0) is 9.98 Å². The summed E-state index contributed by atoms with van der Waals surface area (Å²) >= 11 is 0. The summed E-state index contributed by atoms with van der Waals surface area (Å²) in [6.45, 7) is 5.98. The lowest BCUT2D eigenvalue weighted by molar-refractivity contribution is 0.283. The lowest BCUT2D eigenvalue weighted by Gasteiger charge is -2.39. The van der Waals surface area contributed by atoms with E-state index in [0.717, 1.165) is 31.2 Å². The molecule has 24 heavy (non-hydrogen) atoms. The molecular formula is C19H25O4P. The number of phosphoric acid groups is 1. The van der Waals surface area contributed by atoms with Crippen molar-refractivity contribution in [1.29, 1.82) is 0 Å². The van der Waals surface area contributed by atoms with Crippen LogP contribution in [0, 0.1) is 0 Å². The quantitative estimate of drug-likeness (QED) is 0.558. The summed E-state index contributed by atoms with van der Waals surface area (Å²) in [6, 6.07) is 7.06. The lowest BCUT2D eigenvalue weighted by atomic mass is 9.64. The number of benzene rings is 1. The molecule has 0 amide bonds. The second-order valence-corrected chi connectivity index (χ2v) is 7.26. The molecule has 0 saturated heterocycles. The van der Waals surface area contributed by atoms with Gasteiger partial charge < -0.3 is 4.52 Å². The minimum absolute atomic E-state index is 0.0971. The van der Waals surface area contributed by atoms with Crippen LogP contribution in [0.4, 0.5) is 0 Å². The van der Waals surface area contributed by atoms with Crippen LogP contribution in [0.25, 0.3) is 0 Å². The van der Waals surface area contributed by atoms with E-state index in [1.165, 1.54) is 12.0 Å². The van der Waals surface area contributed by atoms with Gasteiger partial charge in [-0.3, -0.25) is 9.79 Å². The molecule has 4 nitrogen and oxygen atoms in total. The molecule has 1 saturated carbocycles. The van der Waals surface area contributed by atoms with E-state index in [0.29, 0.717) is 0 Å². The van der Waals surface area contributed by atoms with Crippen molar-refractivity contribution in [2.24, 2.45) is 0 Å². The van der Waals surface area contributed by atoms with Gasteiger partial charge in [-0.1, -0.05) is 62.3 Å². The monoisotopic (exact) mass is 348 g/mol. The summed E-state index contributed by atoms with van der Waals surface area (Å²) < 4.78 is 15.6. The van der Waals surface area contributed by atoms with Crippen molar-refractivity contribution in [3.8, 4) is 5.75 Å². The fourth-order valence-corrected chi connectivity index (χ4v) is 3.89. The SMILES string of the molecule is C=C/C(=C\C=C/C)C1(c2ccc(OP(=O)(O)O)cc2)CCCCC1. The molecule has 0 bridgehead atoms. The second-order valence-electron chi connectivity index (χ2n) is 6.10. The Kier molecular flexibility index (Phi) is 6.22. The molecule has 0 radical (unpaired) electrons. The summed E-state index contributed by atoms with van der Waals surface area (Å²) in [7, 11) is -4.53. The molecule has 1 aromatic rings. The maximum Gasteiger partial charge on any atom is 0.524 e. The highest BCUT2D eigenvalue weighted by Gasteiger charge is 2.36. The third-order valence-corrected chi connectivity index (χ3v) is 5.03. The van der Waals surface area contributed by atoms with Gasteiger partial charge in [0, 0.05) is 5.41 Å². The Morgan fingerprint density at radius 1 is 1.21 bits per heavy atom. The highest BCUT2D eigenvalue weighted by molar-refractivity contribution is 7.46. The number of allylic oxidation sites excluding steroid dienone is 5. The van der Waals surface area contributed by atoms with Gasteiger partial charge in [0.15, 0.2) is 0 Å². The molecule has 5 heteroatoms. The van der Waals surface area contributed by atoms with Crippen molar-refractivity contribution in [2.45, 2.75) is 44.4 Å². The third kappa shape index (κ3) is 4.47. The first-order valence-electron chi connectivity index (χ1n) is 8.23. The Hall–Kier alpha value is -1.61. The minimum Gasteiger partial charge on any atom is -0.404 e. The van der Waals surface area contributed by atoms with Crippen LogP contribution < -0.4 is 4.52 Å². The van der Waals surface area contributed by atoms with E-state index in [-0.39, 0.29) is 11.2 Å². The van der Waals surface area contributed by atoms with Crippen LogP contribution in [0.5, 0.6) is 5.75 Å². The predicted molar refractivity (Wildman–Crippen MR) is 97.0 cm³/mol. The van der Waals surface area contributed by atoms with Gasteiger partial charge >= 0.3 is 7.82 Å². The number of hydrogen-bond donors (Lipinski definition) is 2. The van der Waals surface area contributed by atoms with E-state index >= 15 is 0 Å². The Bertz CT molecular complexity index is 661. The fraction of sp³-hybridized carbons (Fsp3) is 0.368. The predicted octanol–water partition coefficient (Wildman–Crippen LogP) is 5.05. The molecular weight excluding hydrogens is 323 g/mol. The van der Waals surface area contributed by atoms with Gasteiger partial charge in [0.25, 0.3) is 0 Å². The van der Waals surface area contributed by atoms with E-state index < -0.39 is 7.82 Å². The van der Waals surface area contributed by atoms with Gasteiger partial charge in [-0.05, 0) is 43.0 Å². The van der Waals surface area contributed by atoms with E-state index in [2.05, 4.69) is 17.2 Å². The lowest BCUT2D eigenvalue weighted by Crippen LogP contribution is -2.30. The summed E-state index contributed by atoms with van der Waals surface area (Å²) in [6.07, 6.45) is 13.7. The summed E-state index contributed by atoms with van der Waals surface area (Å²) in [5, 5.41) is 0. The van der Waals surface area contributed by atoms with E-state index in [1.54, 1.807) is 12.1 Å². The maximum atomic E-state index is 11.0. The molecule has 1 aromatic carbocycles. The molecule has 0 aromatic heterocycles. The molecule has 0 aliphatic heterocycles. The first-order valence-corrected chi connectivity index (χ1v) is 9.76. The standard InChI is InChI=1S/C19H25O4P/c1-3-5-9-16(4-2)19(14-7-6-8-15-19)17-10-12-18(13-11-17)23-24(20,21)22/h3-5,9-13H,2,6-8,14-15H2,1H3,(H2,20,21,22)/b5-3-,16-9+.